The average molecular weight is 421 g/mol. The van der Waals surface area contributed by atoms with Crippen LogP contribution >= 0.6 is 0 Å². The number of hydrogen-bond donors (Lipinski definition) is 0. The Morgan fingerprint density at radius 1 is 0.581 bits per heavy atom. The summed E-state index contributed by atoms with van der Waals surface area (Å²) >= 11 is 0. The van der Waals surface area contributed by atoms with Gasteiger partial charge in [0.1, 0.15) is 0 Å². The molecule has 5 rings (SSSR count). The van der Waals surface area contributed by atoms with Gasteiger partial charge >= 0.3 is 0 Å². The fraction of sp³-hybridized carbons (Fsp3) is 0.261. The highest BCUT2D eigenvalue weighted by molar-refractivity contribution is 6.21. The van der Waals surface area contributed by atoms with Crippen LogP contribution in [0.5, 0.6) is 0 Å². The molecule has 8 nitrogen and oxygen atoms in total. The molecular weight excluding hydrogens is 398 g/mol. The number of fused-ring (bicyclic) bond motifs is 2. The summed E-state index contributed by atoms with van der Waals surface area (Å²) in [6.45, 7) is 0.759. The Morgan fingerprint density at radius 2 is 1.03 bits per heavy atom. The highest BCUT2D eigenvalue weighted by atomic mass is 16.2. The van der Waals surface area contributed by atoms with Gasteiger partial charge in [-0.3, -0.25) is 33.8 Å². The smallest absolute Gasteiger partial charge is 0.261 e. The van der Waals surface area contributed by atoms with E-state index in [1.165, 1.54) is 19.0 Å². The maximum Gasteiger partial charge on any atom is 0.261 e. The van der Waals surface area contributed by atoms with Crippen LogP contribution in [0.2, 0.25) is 0 Å². The summed E-state index contributed by atoms with van der Waals surface area (Å²) in [5, 5.41) is 0. The van der Waals surface area contributed by atoms with E-state index in [1.54, 1.807) is 29.2 Å². The minimum Gasteiger partial charge on any atom is -0.337 e. The lowest BCUT2D eigenvalue weighted by atomic mass is 10.1. The first-order valence-electron chi connectivity index (χ1n) is 9.76. The molecule has 0 atom stereocenters. The van der Waals surface area contributed by atoms with Gasteiger partial charge in [-0.05, 0) is 23.8 Å². The Balaban J connectivity index is 0.000000135. The van der Waals surface area contributed by atoms with E-state index in [1.807, 2.05) is 31.3 Å². The number of benzene rings is 2. The van der Waals surface area contributed by atoms with Crippen molar-refractivity contribution in [1.29, 1.82) is 0 Å². The van der Waals surface area contributed by atoms with Gasteiger partial charge in [-0.2, -0.15) is 0 Å². The van der Waals surface area contributed by atoms with Crippen molar-refractivity contribution in [3.05, 3.63) is 70.8 Å². The highest BCUT2D eigenvalue weighted by Gasteiger charge is 2.31. The molecule has 0 spiro atoms. The first-order valence-corrected chi connectivity index (χ1v) is 9.76. The summed E-state index contributed by atoms with van der Waals surface area (Å²) in [6.07, 6.45) is 0.796. The second kappa shape index (κ2) is 8.91. The van der Waals surface area contributed by atoms with Crippen molar-refractivity contribution in [2.45, 2.75) is 19.4 Å². The van der Waals surface area contributed by atoms with Crippen molar-refractivity contribution in [3.63, 3.8) is 0 Å². The Labute approximate surface area is 180 Å². The topological polar surface area (TPSA) is 95.1 Å². The van der Waals surface area contributed by atoms with Crippen molar-refractivity contribution in [3.8, 4) is 0 Å². The van der Waals surface area contributed by atoms with Crippen LogP contribution in [0.15, 0.2) is 48.5 Å². The van der Waals surface area contributed by atoms with Crippen LogP contribution in [-0.2, 0) is 16.1 Å². The van der Waals surface area contributed by atoms with Gasteiger partial charge in [-0.15, -0.1) is 0 Å². The monoisotopic (exact) mass is 421 g/mol. The number of rotatable bonds is 0. The van der Waals surface area contributed by atoms with Crippen LogP contribution in [0.1, 0.15) is 49.5 Å². The standard InChI is InChI=1S/C9H7NO2.C9H9NO.C5H7NO2/c1-10-8(11)6-4-2-3-5-7(6)9(10)12;1-10-6-7-4-2-3-5-8(7)9(10)11;1-6-4(7)2-3-5(6)8/h2-5H,1H3;2-5H,6H2,1H3;2-3H2,1H3. The Bertz CT molecular complexity index is 1030. The summed E-state index contributed by atoms with van der Waals surface area (Å²) in [6, 6.07) is 14.6. The molecule has 0 unspecified atom stereocenters. The zero-order chi connectivity index (χ0) is 22.7. The molecule has 0 aliphatic carbocycles. The van der Waals surface area contributed by atoms with Crippen molar-refractivity contribution in [1.82, 2.24) is 14.7 Å². The van der Waals surface area contributed by atoms with Gasteiger partial charge < -0.3 is 4.90 Å². The molecule has 31 heavy (non-hydrogen) atoms. The largest absolute Gasteiger partial charge is 0.337 e. The molecule has 8 heteroatoms. The Hall–Kier alpha value is -3.81. The molecule has 0 N–H and O–H groups in total. The van der Waals surface area contributed by atoms with Crippen LogP contribution in [0.3, 0.4) is 0 Å². The van der Waals surface area contributed by atoms with E-state index in [-0.39, 0.29) is 29.5 Å². The lowest BCUT2D eigenvalue weighted by Gasteiger charge is -2.04. The van der Waals surface area contributed by atoms with Crippen molar-refractivity contribution < 1.29 is 24.0 Å². The maximum atomic E-state index is 11.3. The predicted molar refractivity (Wildman–Crippen MR) is 112 cm³/mol. The quantitative estimate of drug-likeness (QED) is 0.606. The zero-order valence-corrected chi connectivity index (χ0v) is 17.6. The van der Waals surface area contributed by atoms with E-state index in [0.717, 1.165) is 22.6 Å². The first kappa shape index (κ1) is 21.9. The number of carbonyl (C=O) groups excluding carboxylic acids is 5. The molecule has 3 heterocycles. The van der Waals surface area contributed by atoms with E-state index in [4.69, 9.17) is 0 Å². The Morgan fingerprint density at radius 3 is 1.45 bits per heavy atom. The third-order valence-electron chi connectivity index (χ3n) is 5.30. The predicted octanol–water partition coefficient (Wildman–Crippen LogP) is 1.95. The van der Waals surface area contributed by atoms with Gasteiger partial charge in [0.05, 0.1) is 11.1 Å². The molecule has 2 aromatic rings. The fourth-order valence-corrected chi connectivity index (χ4v) is 3.40. The lowest BCUT2D eigenvalue weighted by Crippen LogP contribution is -2.24. The molecule has 3 aliphatic rings. The van der Waals surface area contributed by atoms with Gasteiger partial charge in [0.15, 0.2) is 0 Å². The van der Waals surface area contributed by atoms with Crippen LogP contribution in [-0.4, -0.2) is 65.4 Å². The number of carbonyl (C=O) groups is 5. The van der Waals surface area contributed by atoms with Crippen LogP contribution in [0, 0.1) is 0 Å². The maximum absolute atomic E-state index is 11.3. The lowest BCUT2D eigenvalue weighted by molar-refractivity contribution is -0.136. The number of likely N-dealkylation sites (tertiary alicyclic amines) is 1. The van der Waals surface area contributed by atoms with Crippen LogP contribution in [0.4, 0.5) is 0 Å². The number of amides is 5. The molecule has 0 bridgehead atoms. The fourth-order valence-electron chi connectivity index (χ4n) is 3.40. The van der Waals surface area contributed by atoms with E-state index in [9.17, 15) is 24.0 Å². The second-order valence-corrected chi connectivity index (χ2v) is 7.38. The third kappa shape index (κ3) is 4.37. The molecule has 0 radical (unpaired) electrons. The van der Waals surface area contributed by atoms with E-state index >= 15 is 0 Å². The average Bonchev–Trinajstić information content (AvgIpc) is 3.33. The van der Waals surface area contributed by atoms with E-state index in [0.29, 0.717) is 24.0 Å². The van der Waals surface area contributed by atoms with Crippen molar-refractivity contribution in [2.75, 3.05) is 21.1 Å². The summed E-state index contributed by atoms with van der Waals surface area (Å²) in [7, 11) is 4.82. The molecule has 1 fully saturated rings. The number of imide groups is 2. The van der Waals surface area contributed by atoms with Gasteiger partial charge in [-0.1, -0.05) is 30.3 Å². The number of hydrogen-bond acceptors (Lipinski definition) is 5. The summed E-state index contributed by atoms with van der Waals surface area (Å²) in [5.74, 6) is -0.406. The molecule has 0 saturated carbocycles. The Kier molecular flexibility index (Phi) is 6.29. The van der Waals surface area contributed by atoms with Gasteiger partial charge in [0.25, 0.3) is 17.7 Å². The minimum absolute atomic E-state index is 0.0602. The molecule has 2 aromatic carbocycles. The molecule has 160 valence electrons. The normalized spacial score (nSPS) is 16.6. The van der Waals surface area contributed by atoms with Gasteiger partial charge in [0.2, 0.25) is 11.8 Å². The van der Waals surface area contributed by atoms with Crippen molar-refractivity contribution in [2.24, 2.45) is 0 Å². The molecule has 0 aromatic heterocycles. The first-order chi connectivity index (χ1) is 14.7. The molecule has 3 aliphatic heterocycles. The molecule has 1 saturated heterocycles. The highest BCUT2D eigenvalue weighted by Crippen LogP contribution is 2.21. The van der Waals surface area contributed by atoms with E-state index in [2.05, 4.69) is 0 Å². The summed E-state index contributed by atoms with van der Waals surface area (Å²) in [4.78, 5) is 58.9. The van der Waals surface area contributed by atoms with Crippen molar-refractivity contribution >= 4 is 29.5 Å². The molecular formula is C23H23N3O5. The third-order valence-corrected chi connectivity index (χ3v) is 5.30. The number of nitrogens with zero attached hydrogens (tertiary/aromatic N) is 3. The SMILES string of the molecule is CN1C(=O)CCC1=O.CN1C(=O)c2ccccc2C1=O.CN1Cc2ccccc2C1=O. The van der Waals surface area contributed by atoms with E-state index < -0.39 is 0 Å². The summed E-state index contributed by atoms with van der Waals surface area (Å²) in [5.41, 5.74) is 3.00. The van der Waals surface area contributed by atoms with Gasteiger partial charge in [0, 0.05) is 46.1 Å². The van der Waals surface area contributed by atoms with Crippen LogP contribution < -0.4 is 0 Å². The molecule has 5 amide bonds. The second-order valence-electron chi connectivity index (χ2n) is 7.38. The summed E-state index contributed by atoms with van der Waals surface area (Å²) < 4.78 is 0. The minimum atomic E-state index is -0.212. The van der Waals surface area contributed by atoms with Gasteiger partial charge in [-0.25, -0.2) is 0 Å². The van der Waals surface area contributed by atoms with Crippen LogP contribution in [0.25, 0.3) is 0 Å². The zero-order valence-electron chi connectivity index (χ0n) is 17.6.